The lowest BCUT2D eigenvalue weighted by atomic mass is 9.95. The first-order valence-corrected chi connectivity index (χ1v) is 11.9. The maximum atomic E-state index is 12.1. The van der Waals surface area contributed by atoms with E-state index in [4.69, 9.17) is 5.14 Å². The van der Waals surface area contributed by atoms with E-state index in [1.807, 2.05) is 36.7 Å². The van der Waals surface area contributed by atoms with E-state index >= 15 is 0 Å². The molecule has 0 atom stereocenters. The van der Waals surface area contributed by atoms with Crippen molar-refractivity contribution in [2.24, 2.45) is 11.1 Å². The Kier molecular flexibility index (Phi) is 5.98. The highest BCUT2D eigenvalue weighted by Gasteiger charge is 2.23. The fourth-order valence-corrected chi connectivity index (χ4v) is 5.42. The van der Waals surface area contributed by atoms with Crippen LogP contribution in [0.2, 0.25) is 0 Å². The number of sulfonamides is 1. The molecule has 29 heavy (non-hydrogen) atoms. The molecule has 8 heteroatoms. The van der Waals surface area contributed by atoms with Gasteiger partial charge in [0.25, 0.3) is 0 Å². The van der Waals surface area contributed by atoms with Gasteiger partial charge in [0.1, 0.15) is 11.5 Å². The summed E-state index contributed by atoms with van der Waals surface area (Å²) >= 11 is 1.17. The minimum atomic E-state index is -3.83. The maximum Gasteiger partial charge on any atom is 0.249 e. The van der Waals surface area contributed by atoms with Gasteiger partial charge >= 0.3 is 0 Å². The molecular formula is C21H28N4O2S2. The van der Waals surface area contributed by atoms with Crippen LogP contribution < -0.4 is 5.14 Å². The topological polar surface area (TPSA) is 90.9 Å². The predicted molar refractivity (Wildman–Crippen MR) is 117 cm³/mol. The largest absolute Gasteiger partial charge is 0.330 e. The first-order chi connectivity index (χ1) is 13.4. The molecule has 0 aliphatic heterocycles. The number of aromatic nitrogens is 3. The van der Waals surface area contributed by atoms with Crippen LogP contribution in [0, 0.1) is 5.92 Å². The van der Waals surface area contributed by atoms with Gasteiger partial charge in [0, 0.05) is 36.3 Å². The molecule has 0 aliphatic carbocycles. The zero-order valence-corrected chi connectivity index (χ0v) is 19.1. The Hall–Kier alpha value is -2.03. The van der Waals surface area contributed by atoms with E-state index in [1.165, 1.54) is 11.3 Å². The lowest BCUT2D eigenvalue weighted by Gasteiger charge is -2.19. The zero-order chi connectivity index (χ0) is 21.4. The van der Waals surface area contributed by atoms with Crippen LogP contribution in [0.15, 0.2) is 40.9 Å². The van der Waals surface area contributed by atoms with Gasteiger partial charge in [-0.2, -0.15) is 0 Å². The van der Waals surface area contributed by atoms with Crippen LogP contribution in [0.1, 0.15) is 51.0 Å². The van der Waals surface area contributed by atoms with E-state index < -0.39 is 10.0 Å². The average molecular weight is 433 g/mol. The van der Waals surface area contributed by atoms with E-state index in [9.17, 15) is 8.42 Å². The molecule has 0 saturated carbocycles. The molecule has 2 N–H and O–H groups in total. The van der Waals surface area contributed by atoms with Crippen LogP contribution in [-0.2, 0) is 28.4 Å². The third kappa shape index (κ3) is 5.12. The van der Waals surface area contributed by atoms with Crippen molar-refractivity contribution in [3.63, 3.8) is 0 Å². The summed E-state index contributed by atoms with van der Waals surface area (Å²) in [7, 11) is -3.83. The molecule has 156 valence electrons. The normalized spacial score (nSPS) is 12.7. The number of hydrogen-bond acceptors (Lipinski definition) is 5. The first-order valence-electron chi connectivity index (χ1n) is 9.58. The molecule has 0 spiro atoms. The molecule has 6 nitrogen and oxygen atoms in total. The van der Waals surface area contributed by atoms with Crippen LogP contribution in [-0.4, -0.2) is 23.0 Å². The Morgan fingerprint density at radius 3 is 2.38 bits per heavy atom. The molecule has 3 aromatic rings. The second-order valence-corrected chi connectivity index (χ2v) is 11.6. The van der Waals surface area contributed by atoms with Crippen molar-refractivity contribution in [3.05, 3.63) is 53.1 Å². The fourth-order valence-electron chi connectivity index (χ4n) is 3.21. The summed E-state index contributed by atoms with van der Waals surface area (Å²) in [6, 6.07) is 7.81. The lowest BCUT2D eigenvalue weighted by molar-refractivity contribution is 0.511. The molecule has 0 aliphatic rings. The number of rotatable bonds is 6. The van der Waals surface area contributed by atoms with Gasteiger partial charge in [-0.15, -0.1) is 11.3 Å². The van der Waals surface area contributed by atoms with Gasteiger partial charge in [-0.05, 0) is 11.5 Å². The number of imidazole rings is 1. The van der Waals surface area contributed by atoms with Crippen molar-refractivity contribution in [2.75, 3.05) is 0 Å². The number of hydrogen-bond donors (Lipinski definition) is 1. The highest BCUT2D eigenvalue weighted by Crippen LogP contribution is 2.33. The van der Waals surface area contributed by atoms with E-state index in [2.05, 4.69) is 49.2 Å². The van der Waals surface area contributed by atoms with Crippen molar-refractivity contribution in [1.29, 1.82) is 0 Å². The van der Waals surface area contributed by atoms with Gasteiger partial charge in [0.2, 0.25) is 10.0 Å². The van der Waals surface area contributed by atoms with Crippen molar-refractivity contribution >= 4 is 21.4 Å². The van der Waals surface area contributed by atoms with Gasteiger partial charge in [0.05, 0.1) is 5.01 Å². The zero-order valence-electron chi connectivity index (χ0n) is 17.5. The maximum absolute atomic E-state index is 12.1. The summed E-state index contributed by atoms with van der Waals surface area (Å²) in [6.45, 7) is 11.3. The Morgan fingerprint density at radius 1 is 1.17 bits per heavy atom. The molecule has 0 fully saturated rings. The minimum Gasteiger partial charge on any atom is -0.330 e. The summed E-state index contributed by atoms with van der Waals surface area (Å²) in [5.74, 6) is 1.41. The summed E-state index contributed by atoms with van der Waals surface area (Å²) in [5, 5.41) is 6.24. The van der Waals surface area contributed by atoms with E-state index in [0.717, 1.165) is 28.4 Å². The van der Waals surface area contributed by atoms with Crippen LogP contribution in [0.5, 0.6) is 0 Å². The third-order valence-corrected chi connectivity index (χ3v) is 6.98. The van der Waals surface area contributed by atoms with Crippen molar-refractivity contribution < 1.29 is 8.42 Å². The Morgan fingerprint density at radius 2 is 1.83 bits per heavy atom. The number of primary sulfonamides is 1. The van der Waals surface area contributed by atoms with Crippen molar-refractivity contribution in [3.8, 4) is 11.3 Å². The molecule has 0 saturated heterocycles. The second kappa shape index (κ2) is 8.01. The molecule has 2 aromatic heterocycles. The summed E-state index contributed by atoms with van der Waals surface area (Å²) in [5.41, 5.74) is 2.26. The predicted octanol–water partition coefficient (Wildman–Crippen LogP) is 4.20. The lowest BCUT2D eigenvalue weighted by Crippen LogP contribution is -2.19. The summed E-state index contributed by atoms with van der Waals surface area (Å²) in [6.07, 6.45) is 4.52. The number of nitrogens with zero attached hydrogens (tertiary/aromatic N) is 3. The van der Waals surface area contributed by atoms with E-state index in [1.54, 1.807) is 0 Å². The molecule has 0 bridgehead atoms. The van der Waals surface area contributed by atoms with Gasteiger partial charge < -0.3 is 4.57 Å². The highest BCUT2D eigenvalue weighted by atomic mass is 32.2. The van der Waals surface area contributed by atoms with E-state index in [0.29, 0.717) is 18.2 Å². The fraction of sp³-hybridized carbons (Fsp3) is 0.429. The smallest absolute Gasteiger partial charge is 0.249 e. The standard InChI is InChI=1S/C21H28N4O2S2/c1-14(2)12-17-24-18(19(28-17)29(22,26)27)16-8-6-15(7-9-16)13-25-11-10-23-20(25)21(3,4)5/h6-11,14H,12-13H2,1-5H3,(H2,22,26,27). The molecule has 0 unspecified atom stereocenters. The molecule has 0 radical (unpaired) electrons. The monoisotopic (exact) mass is 432 g/mol. The van der Waals surface area contributed by atoms with Crippen molar-refractivity contribution in [2.45, 2.75) is 57.2 Å². The van der Waals surface area contributed by atoms with Gasteiger partial charge in [-0.3, -0.25) is 0 Å². The molecular weight excluding hydrogens is 404 g/mol. The number of benzene rings is 1. The highest BCUT2D eigenvalue weighted by molar-refractivity contribution is 7.91. The van der Waals surface area contributed by atoms with Crippen LogP contribution >= 0.6 is 11.3 Å². The summed E-state index contributed by atoms with van der Waals surface area (Å²) in [4.78, 5) is 9.07. The molecule has 2 heterocycles. The quantitative estimate of drug-likeness (QED) is 0.632. The number of thiazole rings is 1. The number of nitrogens with two attached hydrogens (primary N) is 1. The minimum absolute atomic E-state index is 0.0404. The van der Waals surface area contributed by atoms with Gasteiger partial charge in [-0.25, -0.2) is 23.5 Å². The van der Waals surface area contributed by atoms with E-state index in [-0.39, 0.29) is 9.62 Å². The Balaban J connectivity index is 1.91. The van der Waals surface area contributed by atoms with Crippen LogP contribution in [0.4, 0.5) is 0 Å². The molecule has 0 amide bonds. The Labute approximate surface area is 176 Å². The van der Waals surface area contributed by atoms with Gasteiger partial charge in [0.15, 0.2) is 4.21 Å². The Bertz CT molecular complexity index is 1090. The van der Waals surface area contributed by atoms with Crippen molar-refractivity contribution in [1.82, 2.24) is 14.5 Å². The van der Waals surface area contributed by atoms with Gasteiger partial charge in [-0.1, -0.05) is 58.9 Å². The first kappa shape index (κ1) is 21.7. The van der Waals surface area contributed by atoms with Crippen LogP contribution in [0.3, 0.4) is 0 Å². The van der Waals surface area contributed by atoms with Crippen LogP contribution in [0.25, 0.3) is 11.3 Å². The summed E-state index contributed by atoms with van der Waals surface area (Å²) < 4.78 is 26.4. The second-order valence-electron chi connectivity index (χ2n) is 8.71. The average Bonchev–Trinajstić information content (AvgIpc) is 3.21. The molecule has 3 rings (SSSR count). The SMILES string of the molecule is CC(C)Cc1nc(-c2ccc(Cn3ccnc3C(C)(C)C)cc2)c(S(N)(=O)=O)s1. The molecule has 1 aromatic carbocycles. The third-order valence-electron chi connectivity index (χ3n) is 4.45.